The molecule has 0 aliphatic carbocycles. The van der Waals surface area contributed by atoms with Gasteiger partial charge >= 0.3 is 0 Å². The molecule has 0 saturated heterocycles. The molecule has 0 atom stereocenters. The number of carbonyl (C=O) groups excluding carboxylic acids is 1. The van der Waals surface area contributed by atoms with E-state index in [1.807, 2.05) is 6.07 Å². The molecule has 0 radical (unpaired) electrons. The largest absolute Gasteiger partial charge is 0.322 e. The highest BCUT2D eigenvalue weighted by atomic mass is 35.5. The number of hydrogen-bond donors (Lipinski definition) is 2. The number of para-hydroxylation sites is 1. The van der Waals surface area contributed by atoms with Crippen LogP contribution in [0, 0.1) is 18.3 Å². The smallest absolute Gasteiger partial charge is 0.262 e. The van der Waals surface area contributed by atoms with Gasteiger partial charge in [0, 0.05) is 11.3 Å². The predicted octanol–water partition coefficient (Wildman–Crippen LogP) is 4.57. The first-order valence-electron chi connectivity index (χ1n) is 8.50. The summed E-state index contributed by atoms with van der Waals surface area (Å²) >= 11 is 6.04. The average molecular weight is 426 g/mol. The van der Waals surface area contributed by atoms with Crippen LogP contribution in [0.25, 0.3) is 0 Å². The minimum absolute atomic E-state index is 0.0148. The van der Waals surface area contributed by atoms with E-state index in [0.29, 0.717) is 22.4 Å². The lowest BCUT2D eigenvalue weighted by molar-refractivity contribution is 0.102. The number of anilines is 2. The highest BCUT2D eigenvalue weighted by molar-refractivity contribution is 7.92. The zero-order valence-corrected chi connectivity index (χ0v) is 16.9. The molecular weight excluding hydrogens is 410 g/mol. The van der Waals surface area contributed by atoms with E-state index >= 15 is 0 Å². The second kappa shape index (κ2) is 8.35. The second-order valence-electron chi connectivity index (χ2n) is 6.21. The number of nitriles is 1. The standard InChI is InChI=1S/C21H16ClN3O3S/c1-14-9-10-17(24-21(26)16-6-4-5-15(11-16)13-23)12-20(14)29(27,28)25-19-8-3-2-7-18(19)22/h2-12,25H,1H3,(H,24,26). The molecule has 0 aromatic heterocycles. The van der Waals surface area contributed by atoms with Crippen LogP contribution in [-0.2, 0) is 10.0 Å². The summed E-state index contributed by atoms with van der Waals surface area (Å²) in [6.07, 6.45) is 0. The molecule has 0 unspecified atom stereocenters. The molecule has 146 valence electrons. The Kier molecular flexibility index (Phi) is 5.87. The number of carbonyl (C=O) groups is 1. The molecule has 0 bridgehead atoms. The number of nitrogens with zero attached hydrogens (tertiary/aromatic N) is 1. The van der Waals surface area contributed by atoms with E-state index in [4.69, 9.17) is 16.9 Å². The molecule has 0 aliphatic heterocycles. The molecule has 0 heterocycles. The lowest BCUT2D eigenvalue weighted by Crippen LogP contribution is -2.16. The summed E-state index contributed by atoms with van der Waals surface area (Å²) in [5.41, 5.74) is 1.73. The number of halogens is 1. The molecule has 0 aliphatic rings. The van der Waals surface area contributed by atoms with Crippen molar-refractivity contribution in [2.75, 3.05) is 10.0 Å². The molecule has 6 nitrogen and oxygen atoms in total. The third-order valence-electron chi connectivity index (χ3n) is 4.11. The van der Waals surface area contributed by atoms with Crippen LogP contribution in [-0.4, -0.2) is 14.3 Å². The molecule has 3 aromatic carbocycles. The summed E-state index contributed by atoms with van der Waals surface area (Å²) in [6.45, 7) is 1.66. The van der Waals surface area contributed by atoms with Crippen LogP contribution < -0.4 is 10.0 Å². The monoisotopic (exact) mass is 425 g/mol. The molecule has 0 saturated carbocycles. The SMILES string of the molecule is Cc1ccc(NC(=O)c2cccc(C#N)c2)cc1S(=O)(=O)Nc1ccccc1Cl. The highest BCUT2D eigenvalue weighted by Crippen LogP contribution is 2.27. The van der Waals surface area contributed by atoms with E-state index in [1.165, 1.54) is 12.1 Å². The number of hydrogen-bond acceptors (Lipinski definition) is 4. The summed E-state index contributed by atoms with van der Waals surface area (Å²) in [5, 5.41) is 11.9. The molecule has 2 N–H and O–H groups in total. The van der Waals surface area contributed by atoms with Crippen molar-refractivity contribution in [3.63, 3.8) is 0 Å². The van der Waals surface area contributed by atoms with Crippen LogP contribution in [0.3, 0.4) is 0 Å². The molecule has 3 aromatic rings. The first-order chi connectivity index (χ1) is 13.8. The Morgan fingerprint density at radius 3 is 2.52 bits per heavy atom. The maximum Gasteiger partial charge on any atom is 0.262 e. The van der Waals surface area contributed by atoms with Crippen molar-refractivity contribution in [1.29, 1.82) is 5.26 Å². The fraction of sp³-hybridized carbons (Fsp3) is 0.0476. The van der Waals surface area contributed by atoms with Gasteiger partial charge in [0.25, 0.3) is 15.9 Å². The Balaban J connectivity index is 1.88. The van der Waals surface area contributed by atoms with Gasteiger partial charge in [-0.3, -0.25) is 9.52 Å². The van der Waals surface area contributed by atoms with Gasteiger partial charge in [-0.2, -0.15) is 5.26 Å². The minimum Gasteiger partial charge on any atom is -0.322 e. The van der Waals surface area contributed by atoms with Crippen molar-refractivity contribution in [3.8, 4) is 6.07 Å². The van der Waals surface area contributed by atoms with Gasteiger partial charge in [0.05, 0.1) is 27.2 Å². The van der Waals surface area contributed by atoms with Gasteiger partial charge in [-0.25, -0.2) is 8.42 Å². The van der Waals surface area contributed by atoms with Crippen LogP contribution >= 0.6 is 11.6 Å². The minimum atomic E-state index is -3.93. The van der Waals surface area contributed by atoms with Gasteiger partial charge in [-0.05, 0) is 55.0 Å². The second-order valence-corrected chi connectivity index (χ2v) is 8.27. The van der Waals surface area contributed by atoms with Crippen molar-refractivity contribution in [1.82, 2.24) is 0 Å². The number of nitrogens with one attached hydrogen (secondary N) is 2. The van der Waals surface area contributed by atoms with Crippen molar-refractivity contribution in [2.45, 2.75) is 11.8 Å². The quantitative estimate of drug-likeness (QED) is 0.625. The zero-order valence-electron chi connectivity index (χ0n) is 15.3. The Labute approximate surface area is 173 Å². The Hall–Kier alpha value is -3.34. The summed E-state index contributed by atoms with van der Waals surface area (Å²) in [7, 11) is -3.93. The van der Waals surface area contributed by atoms with Gasteiger partial charge in [0.15, 0.2) is 0 Å². The Morgan fingerprint density at radius 1 is 1.03 bits per heavy atom. The number of sulfonamides is 1. The third kappa shape index (κ3) is 4.74. The lowest BCUT2D eigenvalue weighted by Gasteiger charge is -2.13. The topological polar surface area (TPSA) is 99.1 Å². The fourth-order valence-corrected chi connectivity index (χ4v) is 4.23. The first-order valence-corrected chi connectivity index (χ1v) is 10.4. The molecular formula is C21H16ClN3O3S. The van der Waals surface area contributed by atoms with Crippen LogP contribution in [0.4, 0.5) is 11.4 Å². The number of amides is 1. The maximum atomic E-state index is 12.8. The molecule has 0 spiro atoms. The summed E-state index contributed by atoms with van der Waals surface area (Å²) in [6, 6.07) is 19.3. The van der Waals surface area contributed by atoms with E-state index in [9.17, 15) is 13.2 Å². The van der Waals surface area contributed by atoms with Crippen molar-refractivity contribution in [2.24, 2.45) is 0 Å². The van der Waals surface area contributed by atoms with E-state index in [-0.39, 0.29) is 15.6 Å². The van der Waals surface area contributed by atoms with Crippen molar-refractivity contribution < 1.29 is 13.2 Å². The van der Waals surface area contributed by atoms with Gasteiger partial charge in [-0.1, -0.05) is 35.9 Å². The van der Waals surface area contributed by atoms with E-state index in [0.717, 1.165) is 0 Å². The van der Waals surface area contributed by atoms with Gasteiger partial charge < -0.3 is 5.32 Å². The summed E-state index contributed by atoms with van der Waals surface area (Å²) in [5.74, 6) is -0.451. The van der Waals surface area contributed by atoms with Gasteiger partial charge in [0.2, 0.25) is 0 Å². The lowest BCUT2D eigenvalue weighted by atomic mass is 10.1. The van der Waals surface area contributed by atoms with Gasteiger partial charge in [-0.15, -0.1) is 0 Å². The number of rotatable bonds is 5. The highest BCUT2D eigenvalue weighted by Gasteiger charge is 2.19. The Morgan fingerprint density at radius 2 is 1.79 bits per heavy atom. The normalized spacial score (nSPS) is 10.8. The van der Waals surface area contributed by atoms with Crippen LogP contribution in [0.5, 0.6) is 0 Å². The molecule has 1 amide bonds. The maximum absolute atomic E-state index is 12.8. The van der Waals surface area contributed by atoms with Crippen molar-refractivity contribution in [3.05, 3.63) is 88.4 Å². The molecule has 29 heavy (non-hydrogen) atoms. The third-order valence-corrected chi connectivity index (χ3v) is 5.94. The molecule has 0 fully saturated rings. The van der Waals surface area contributed by atoms with Crippen LogP contribution in [0.15, 0.2) is 71.6 Å². The van der Waals surface area contributed by atoms with Gasteiger partial charge in [0.1, 0.15) is 0 Å². The number of benzene rings is 3. The fourth-order valence-electron chi connectivity index (χ4n) is 2.64. The van der Waals surface area contributed by atoms with E-state index < -0.39 is 15.9 Å². The zero-order chi connectivity index (χ0) is 21.0. The predicted molar refractivity (Wildman–Crippen MR) is 113 cm³/mol. The molecule has 3 rings (SSSR count). The summed E-state index contributed by atoms with van der Waals surface area (Å²) < 4.78 is 28.2. The Bertz CT molecular complexity index is 1230. The van der Waals surface area contributed by atoms with E-state index in [1.54, 1.807) is 61.5 Å². The number of aryl methyl sites for hydroxylation is 1. The average Bonchev–Trinajstić information content (AvgIpc) is 2.71. The van der Waals surface area contributed by atoms with Crippen LogP contribution in [0.1, 0.15) is 21.5 Å². The first kappa shape index (κ1) is 20.4. The van der Waals surface area contributed by atoms with Crippen molar-refractivity contribution >= 4 is 38.9 Å². The summed E-state index contributed by atoms with van der Waals surface area (Å²) in [4.78, 5) is 12.5. The molecule has 8 heteroatoms. The van der Waals surface area contributed by atoms with E-state index in [2.05, 4.69) is 10.0 Å². The van der Waals surface area contributed by atoms with Crippen LogP contribution in [0.2, 0.25) is 5.02 Å².